The number of hydrogen-bond donors (Lipinski definition) is 2. The van der Waals surface area contributed by atoms with Gasteiger partial charge in [-0.25, -0.2) is 4.99 Å². The number of nitrogens with zero attached hydrogens (tertiary/aromatic N) is 1. The summed E-state index contributed by atoms with van der Waals surface area (Å²) in [5, 5.41) is 10.9. The van der Waals surface area contributed by atoms with Crippen molar-refractivity contribution in [1.29, 1.82) is 0 Å². The van der Waals surface area contributed by atoms with Gasteiger partial charge in [0.05, 0.1) is 19.3 Å². The van der Waals surface area contributed by atoms with Gasteiger partial charge in [0, 0.05) is 26.3 Å². The van der Waals surface area contributed by atoms with Crippen molar-refractivity contribution in [2.75, 3.05) is 19.8 Å². The molecule has 1 aliphatic rings. The van der Waals surface area contributed by atoms with Crippen LogP contribution in [0.3, 0.4) is 0 Å². The minimum Gasteiger partial charge on any atom is -0.381 e. The number of ether oxygens (including phenoxy) is 2. The summed E-state index contributed by atoms with van der Waals surface area (Å²) in [5.74, 6) is 0.840. The number of benzene rings is 1. The number of rotatable bonds is 8. The normalized spacial score (nSPS) is 15.7. The van der Waals surface area contributed by atoms with Crippen molar-refractivity contribution in [2.24, 2.45) is 4.99 Å². The van der Waals surface area contributed by atoms with Gasteiger partial charge in [-0.15, -0.1) is 0 Å². The van der Waals surface area contributed by atoms with Crippen LogP contribution < -0.4 is 10.6 Å². The van der Waals surface area contributed by atoms with Crippen LogP contribution in [0.4, 0.5) is 0 Å². The predicted octanol–water partition coefficient (Wildman–Crippen LogP) is 3.70. The molecule has 2 aromatic rings. The largest absolute Gasteiger partial charge is 0.381 e. The highest BCUT2D eigenvalue weighted by Gasteiger charge is 2.14. The first kappa shape index (κ1) is 19.9. The summed E-state index contributed by atoms with van der Waals surface area (Å²) in [4.78, 5) is 4.66. The summed E-state index contributed by atoms with van der Waals surface area (Å²) < 4.78 is 11.4. The Hall–Kier alpha value is -1.89. The molecular weight excluding hydrogens is 358 g/mol. The van der Waals surface area contributed by atoms with E-state index in [2.05, 4.69) is 63.6 Å². The predicted molar refractivity (Wildman–Crippen MR) is 111 cm³/mol. The zero-order valence-corrected chi connectivity index (χ0v) is 16.8. The van der Waals surface area contributed by atoms with Crippen LogP contribution in [-0.4, -0.2) is 31.8 Å². The third kappa shape index (κ3) is 6.97. The van der Waals surface area contributed by atoms with E-state index in [-0.39, 0.29) is 0 Å². The Balaban J connectivity index is 1.50. The van der Waals surface area contributed by atoms with Gasteiger partial charge in [-0.3, -0.25) is 0 Å². The summed E-state index contributed by atoms with van der Waals surface area (Å²) in [7, 11) is 0. The van der Waals surface area contributed by atoms with Gasteiger partial charge in [0.15, 0.2) is 5.96 Å². The maximum atomic E-state index is 6.03. The molecule has 0 bridgehead atoms. The fraction of sp³-hybridized carbons (Fsp3) is 0.476. The van der Waals surface area contributed by atoms with Crippen molar-refractivity contribution in [3.8, 4) is 0 Å². The van der Waals surface area contributed by atoms with Crippen LogP contribution in [0.15, 0.2) is 46.1 Å². The molecule has 0 radical (unpaired) electrons. The Labute approximate surface area is 165 Å². The second-order valence-corrected chi connectivity index (χ2v) is 7.40. The molecule has 0 unspecified atom stereocenters. The lowest BCUT2D eigenvalue weighted by molar-refractivity contribution is -0.0390. The molecule has 1 aliphatic heterocycles. The zero-order valence-electron chi connectivity index (χ0n) is 15.9. The molecule has 1 saturated heterocycles. The van der Waals surface area contributed by atoms with E-state index in [9.17, 15) is 0 Å². The molecule has 5 nitrogen and oxygen atoms in total. The second kappa shape index (κ2) is 11.1. The van der Waals surface area contributed by atoms with Crippen molar-refractivity contribution in [2.45, 2.75) is 45.6 Å². The first-order valence-corrected chi connectivity index (χ1v) is 10.6. The third-order valence-electron chi connectivity index (χ3n) is 4.45. The van der Waals surface area contributed by atoms with Gasteiger partial charge < -0.3 is 20.1 Å². The van der Waals surface area contributed by atoms with Crippen LogP contribution in [0.2, 0.25) is 0 Å². The van der Waals surface area contributed by atoms with E-state index in [1.165, 1.54) is 16.7 Å². The van der Waals surface area contributed by atoms with E-state index < -0.39 is 0 Å². The van der Waals surface area contributed by atoms with E-state index in [0.717, 1.165) is 45.1 Å². The van der Waals surface area contributed by atoms with E-state index >= 15 is 0 Å². The van der Waals surface area contributed by atoms with Gasteiger partial charge in [-0.1, -0.05) is 24.3 Å². The van der Waals surface area contributed by atoms with Crippen LogP contribution in [0.5, 0.6) is 0 Å². The standard InChI is InChI=1S/C21H29N3O2S/c1-2-22-21(24-14-19-8-11-27-16-19)23-13-17-4-3-5-18(12-17)15-26-20-6-9-25-10-7-20/h3-5,8,11-12,16,20H,2,6-7,9-10,13-15H2,1H3,(H2,22,23,24). The Kier molecular flexibility index (Phi) is 8.14. The number of aliphatic imine (C=N–C) groups is 1. The highest BCUT2D eigenvalue weighted by atomic mass is 32.1. The topological polar surface area (TPSA) is 54.9 Å². The van der Waals surface area contributed by atoms with E-state index in [0.29, 0.717) is 19.3 Å². The summed E-state index contributed by atoms with van der Waals surface area (Å²) in [6.45, 7) is 6.63. The van der Waals surface area contributed by atoms with Gasteiger partial charge in [-0.2, -0.15) is 11.3 Å². The summed E-state index contributed by atoms with van der Waals surface area (Å²) in [6, 6.07) is 10.7. The maximum absolute atomic E-state index is 6.03. The van der Waals surface area contributed by atoms with Crippen LogP contribution in [-0.2, 0) is 29.2 Å². The monoisotopic (exact) mass is 387 g/mol. The Morgan fingerprint density at radius 3 is 2.81 bits per heavy atom. The summed E-state index contributed by atoms with van der Waals surface area (Å²) in [6.07, 6.45) is 2.31. The SMILES string of the molecule is CCNC(=NCc1ccsc1)NCc1cccc(COC2CCOCC2)c1. The molecule has 2 heterocycles. The molecule has 0 spiro atoms. The van der Waals surface area contributed by atoms with Crippen molar-refractivity contribution < 1.29 is 9.47 Å². The Bertz CT molecular complexity index is 697. The first-order chi connectivity index (χ1) is 13.3. The summed E-state index contributed by atoms with van der Waals surface area (Å²) >= 11 is 1.70. The quantitative estimate of drug-likeness (QED) is 0.536. The number of thiophene rings is 1. The Morgan fingerprint density at radius 2 is 2.04 bits per heavy atom. The molecule has 3 rings (SSSR count). The molecule has 1 aromatic heterocycles. The van der Waals surface area contributed by atoms with Crippen LogP contribution in [0, 0.1) is 0 Å². The van der Waals surface area contributed by atoms with Gasteiger partial charge in [0.2, 0.25) is 0 Å². The third-order valence-corrected chi connectivity index (χ3v) is 5.18. The molecule has 146 valence electrons. The molecule has 0 saturated carbocycles. The molecular formula is C21H29N3O2S. The maximum Gasteiger partial charge on any atom is 0.191 e. The fourth-order valence-corrected chi connectivity index (χ4v) is 3.63. The average Bonchev–Trinajstić information content (AvgIpc) is 3.23. The van der Waals surface area contributed by atoms with Crippen molar-refractivity contribution in [1.82, 2.24) is 10.6 Å². The Morgan fingerprint density at radius 1 is 1.19 bits per heavy atom. The smallest absolute Gasteiger partial charge is 0.191 e. The molecule has 27 heavy (non-hydrogen) atoms. The molecule has 6 heteroatoms. The van der Waals surface area contributed by atoms with Crippen LogP contribution >= 0.6 is 11.3 Å². The first-order valence-electron chi connectivity index (χ1n) is 9.64. The fourth-order valence-electron chi connectivity index (χ4n) is 2.97. The van der Waals surface area contributed by atoms with Gasteiger partial charge in [-0.05, 0) is 53.3 Å². The number of hydrogen-bond acceptors (Lipinski definition) is 4. The van der Waals surface area contributed by atoms with E-state index in [4.69, 9.17) is 9.47 Å². The van der Waals surface area contributed by atoms with Crippen LogP contribution in [0.25, 0.3) is 0 Å². The number of nitrogens with one attached hydrogen (secondary N) is 2. The molecule has 0 amide bonds. The van der Waals surface area contributed by atoms with E-state index in [1.54, 1.807) is 11.3 Å². The van der Waals surface area contributed by atoms with Crippen molar-refractivity contribution in [3.05, 3.63) is 57.8 Å². The van der Waals surface area contributed by atoms with Crippen LogP contribution in [0.1, 0.15) is 36.5 Å². The molecule has 0 atom stereocenters. The van der Waals surface area contributed by atoms with E-state index in [1.807, 2.05) is 0 Å². The highest BCUT2D eigenvalue weighted by molar-refractivity contribution is 7.07. The lowest BCUT2D eigenvalue weighted by Gasteiger charge is -2.22. The van der Waals surface area contributed by atoms with Gasteiger partial charge in [0.1, 0.15) is 0 Å². The lowest BCUT2D eigenvalue weighted by Crippen LogP contribution is -2.36. The minimum absolute atomic E-state index is 0.324. The second-order valence-electron chi connectivity index (χ2n) is 6.62. The molecule has 0 aliphatic carbocycles. The minimum atomic E-state index is 0.324. The van der Waals surface area contributed by atoms with Crippen molar-refractivity contribution in [3.63, 3.8) is 0 Å². The molecule has 1 fully saturated rings. The zero-order chi connectivity index (χ0) is 18.7. The average molecular weight is 388 g/mol. The summed E-state index contributed by atoms with van der Waals surface area (Å²) in [5.41, 5.74) is 3.68. The van der Waals surface area contributed by atoms with Crippen molar-refractivity contribution >= 4 is 17.3 Å². The number of guanidine groups is 1. The van der Waals surface area contributed by atoms with Gasteiger partial charge in [0.25, 0.3) is 0 Å². The highest BCUT2D eigenvalue weighted by Crippen LogP contribution is 2.14. The lowest BCUT2D eigenvalue weighted by atomic mass is 10.1. The molecule has 2 N–H and O–H groups in total. The van der Waals surface area contributed by atoms with Gasteiger partial charge >= 0.3 is 0 Å². The molecule has 1 aromatic carbocycles.